The number of benzene rings is 1. The highest BCUT2D eigenvalue weighted by Crippen LogP contribution is 2.24. The van der Waals surface area contributed by atoms with Gasteiger partial charge in [0.25, 0.3) is 0 Å². The summed E-state index contributed by atoms with van der Waals surface area (Å²) in [7, 11) is 0. The van der Waals surface area contributed by atoms with Crippen molar-refractivity contribution in [3.63, 3.8) is 0 Å². The molecule has 1 aliphatic rings. The van der Waals surface area contributed by atoms with E-state index in [9.17, 15) is 0 Å². The van der Waals surface area contributed by atoms with Crippen LogP contribution in [0.5, 0.6) is 5.75 Å². The molecule has 1 aromatic heterocycles. The van der Waals surface area contributed by atoms with Gasteiger partial charge >= 0.3 is 0 Å². The van der Waals surface area contributed by atoms with Gasteiger partial charge < -0.3 is 14.0 Å². The highest BCUT2D eigenvalue weighted by Gasteiger charge is 2.23. The molecule has 0 radical (unpaired) electrons. The summed E-state index contributed by atoms with van der Waals surface area (Å²) >= 11 is 0. The Hall–Kier alpha value is -2.25. The second-order valence-electron chi connectivity index (χ2n) is 4.15. The first-order valence-electron chi connectivity index (χ1n) is 5.79. The summed E-state index contributed by atoms with van der Waals surface area (Å²) in [6, 6.07) is 11.7. The van der Waals surface area contributed by atoms with Crippen LogP contribution in [-0.4, -0.2) is 23.9 Å². The predicted octanol–water partition coefficient (Wildman–Crippen LogP) is 2.13. The first-order chi connectivity index (χ1) is 8.86. The summed E-state index contributed by atoms with van der Waals surface area (Å²) in [6.45, 7) is 1.35. The molecule has 1 aliphatic heterocycles. The number of aromatic nitrogens is 1. The number of epoxide rings is 1. The van der Waals surface area contributed by atoms with Crippen molar-refractivity contribution < 1.29 is 9.47 Å². The van der Waals surface area contributed by atoms with E-state index in [0.29, 0.717) is 12.2 Å². The van der Waals surface area contributed by atoms with Crippen LogP contribution in [0.15, 0.2) is 42.7 Å². The number of rotatable bonds is 4. The average molecular weight is 240 g/mol. The predicted molar refractivity (Wildman–Crippen MR) is 65.7 cm³/mol. The van der Waals surface area contributed by atoms with Gasteiger partial charge in [0, 0.05) is 12.4 Å². The lowest BCUT2D eigenvalue weighted by molar-refractivity contribution is 0.262. The fourth-order valence-corrected chi connectivity index (χ4v) is 1.75. The van der Waals surface area contributed by atoms with Gasteiger partial charge in [0.2, 0.25) is 0 Å². The number of ether oxygens (including phenoxy) is 2. The second kappa shape index (κ2) is 4.55. The van der Waals surface area contributed by atoms with Crippen LogP contribution in [-0.2, 0) is 4.74 Å². The van der Waals surface area contributed by atoms with Crippen molar-refractivity contribution in [2.45, 2.75) is 6.10 Å². The lowest BCUT2D eigenvalue weighted by Crippen LogP contribution is -2.06. The van der Waals surface area contributed by atoms with Crippen LogP contribution >= 0.6 is 0 Å². The molecule has 0 aliphatic carbocycles. The summed E-state index contributed by atoms with van der Waals surface area (Å²) in [6.07, 6.45) is 3.88. The maximum atomic E-state index is 8.84. The molecule has 4 heteroatoms. The van der Waals surface area contributed by atoms with Crippen molar-refractivity contribution in [2.24, 2.45) is 0 Å². The van der Waals surface area contributed by atoms with E-state index in [1.165, 1.54) is 0 Å². The molecule has 0 bridgehead atoms. The smallest absolute Gasteiger partial charge is 0.143 e. The Labute approximate surface area is 105 Å². The summed E-state index contributed by atoms with van der Waals surface area (Å²) in [5, 5.41) is 8.84. The van der Waals surface area contributed by atoms with Crippen LogP contribution in [0.25, 0.3) is 5.69 Å². The van der Waals surface area contributed by atoms with Gasteiger partial charge in [-0.3, -0.25) is 0 Å². The number of hydrogen-bond acceptors (Lipinski definition) is 3. The molecule has 2 heterocycles. The first-order valence-corrected chi connectivity index (χ1v) is 5.79. The Balaban J connectivity index is 1.87. The Morgan fingerprint density at radius 3 is 2.94 bits per heavy atom. The molecule has 1 aromatic carbocycles. The topological polar surface area (TPSA) is 50.5 Å². The van der Waals surface area contributed by atoms with E-state index >= 15 is 0 Å². The zero-order valence-corrected chi connectivity index (χ0v) is 9.74. The fourth-order valence-electron chi connectivity index (χ4n) is 1.75. The van der Waals surface area contributed by atoms with Gasteiger partial charge in [-0.1, -0.05) is 12.1 Å². The van der Waals surface area contributed by atoms with Crippen LogP contribution in [0.4, 0.5) is 0 Å². The van der Waals surface area contributed by atoms with Crippen molar-refractivity contribution in [1.29, 1.82) is 5.26 Å². The van der Waals surface area contributed by atoms with Gasteiger partial charge in [-0.15, -0.1) is 0 Å². The molecule has 90 valence electrons. The van der Waals surface area contributed by atoms with Crippen LogP contribution in [0, 0.1) is 11.3 Å². The van der Waals surface area contributed by atoms with Crippen LogP contribution in [0.2, 0.25) is 0 Å². The van der Waals surface area contributed by atoms with Crippen molar-refractivity contribution in [3.8, 4) is 17.5 Å². The Morgan fingerprint density at radius 1 is 1.39 bits per heavy atom. The van der Waals surface area contributed by atoms with E-state index in [0.717, 1.165) is 18.0 Å². The molecule has 2 aromatic rings. The lowest BCUT2D eigenvalue weighted by atomic mass is 10.3. The van der Waals surface area contributed by atoms with E-state index in [1.54, 1.807) is 12.3 Å². The molecule has 1 atom stereocenters. The van der Waals surface area contributed by atoms with Crippen molar-refractivity contribution in [3.05, 3.63) is 48.3 Å². The molecule has 1 fully saturated rings. The molecule has 0 saturated carbocycles. The van der Waals surface area contributed by atoms with Crippen molar-refractivity contribution in [1.82, 2.24) is 4.57 Å². The number of para-hydroxylation sites is 2. The van der Waals surface area contributed by atoms with Gasteiger partial charge in [-0.2, -0.15) is 5.26 Å². The summed E-state index contributed by atoms with van der Waals surface area (Å²) in [5.41, 5.74) is 1.56. The van der Waals surface area contributed by atoms with E-state index < -0.39 is 0 Å². The maximum Gasteiger partial charge on any atom is 0.143 e. The molecule has 1 unspecified atom stereocenters. The summed E-state index contributed by atoms with van der Waals surface area (Å²) in [5.74, 6) is 0.799. The molecular weight excluding hydrogens is 228 g/mol. The Morgan fingerprint density at radius 2 is 2.22 bits per heavy atom. The maximum absolute atomic E-state index is 8.84. The third kappa shape index (κ3) is 2.22. The molecule has 4 nitrogen and oxygen atoms in total. The third-order valence-electron chi connectivity index (χ3n) is 2.79. The van der Waals surface area contributed by atoms with Gasteiger partial charge in [-0.25, -0.2) is 0 Å². The van der Waals surface area contributed by atoms with E-state index in [-0.39, 0.29) is 6.10 Å². The summed E-state index contributed by atoms with van der Waals surface area (Å²) in [4.78, 5) is 0. The van der Waals surface area contributed by atoms with Crippen LogP contribution < -0.4 is 4.74 Å². The monoisotopic (exact) mass is 240 g/mol. The fraction of sp³-hybridized carbons (Fsp3) is 0.214. The van der Waals surface area contributed by atoms with Crippen molar-refractivity contribution >= 4 is 0 Å². The minimum absolute atomic E-state index is 0.234. The van der Waals surface area contributed by atoms with E-state index in [2.05, 4.69) is 6.07 Å². The summed E-state index contributed by atoms with van der Waals surface area (Å²) < 4.78 is 12.7. The largest absolute Gasteiger partial charge is 0.489 e. The molecular formula is C14H12N2O2. The second-order valence-corrected chi connectivity index (χ2v) is 4.15. The third-order valence-corrected chi connectivity index (χ3v) is 2.79. The van der Waals surface area contributed by atoms with Gasteiger partial charge in [-0.05, 0) is 18.2 Å². The van der Waals surface area contributed by atoms with Crippen LogP contribution in [0.3, 0.4) is 0 Å². The van der Waals surface area contributed by atoms with Gasteiger partial charge in [0.15, 0.2) is 0 Å². The zero-order chi connectivity index (χ0) is 12.4. The molecule has 3 rings (SSSR count). The van der Waals surface area contributed by atoms with E-state index in [4.69, 9.17) is 14.7 Å². The minimum Gasteiger partial charge on any atom is -0.489 e. The highest BCUT2D eigenvalue weighted by atomic mass is 16.6. The standard InChI is InChI=1S/C14H12N2O2/c15-7-11-5-6-16(8-11)13-3-1-2-4-14(13)18-10-12-9-17-12/h1-6,8,12H,9-10H2. The molecule has 0 spiro atoms. The SMILES string of the molecule is N#Cc1ccn(-c2ccccc2OCC2CO2)c1. The zero-order valence-electron chi connectivity index (χ0n) is 9.74. The normalized spacial score (nSPS) is 17.2. The molecule has 18 heavy (non-hydrogen) atoms. The minimum atomic E-state index is 0.234. The lowest BCUT2D eigenvalue weighted by Gasteiger charge is -2.11. The average Bonchev–Trinajstić information content (AvgIpc) is 3.12. The van der Waals surface area contributed by atoms with Gasteiger partial charge in [0.05, 0.1) is 17.9 Å². The molecule has 1 saturated heterocycles. The van der Waals surface area contributed by atoms with Gasteiger partial charge in [0.1, 0.15) is 24.5 Å². The Kier molecular flexibility index (Phi) is 2.75. The Bertz CT molecular complexity index is 594. The van der Waals surface area contributed by atoms with Crippen molar-refractivity contribution in [2.75, 3.05) is 13.2 Å². The molecule has 0 N–H and O–H groups in total. The molecule has 0 amide bonds. The number of nitriles is 1. The number of hydrogen-bond donors (Lipinski definition) is 0. The quantitative estimate of drug-likeness (QED) is 0.769. The number of nitrogens with zero attached hydrogens (tertiary/aromatic N) is 2. The highest BCUT2D eigenvalue weighted by molar-refractivity contribution is 5.48. The van der Waals surface area contributed by atoms with E-state index in [1.807, 2.05) is 35.0 Å². The first kappa shape index (κ1) is 10.9. The van der Waals surface area contributed by atoms with Crippen LogP contribution in [0.1, 0.15) is 5.56 Å².